The van der Waals surface area contributed by atoms with Crippen molar-refractivity contribution in [3.05, 3.63) is 0 Å². The fourth-order valence-electron chi connectivity index (χ4n) is 3.28. The smallest absolute Gasteiger partial charge is 0.237 e. The molecule has 0 saturated carbocycles. The summed E-state index contributed by atoms with van der Waals surface area (Å²) in [7, 11) is 0. The van der Waals surface area contributed by atoms with E-state index in [0.717, 1.165) is 26.1 Å². The number of hydrogen-bond acceptors (Lipinski definition) is 3. The van der Waals surface area contributed by atoms with Gasteiger partial charge in [-0.1, -0.05) is 20.3 Å². The summed E-state index contributed by atoms with van der Waals surface area (Å²) in [5, 5.41) is 6.48. The molecule has 4 heteroatoms. The average molecular weight is 267 g/mol. The monoisotopic (exact) mass is 267 g/mol. The van der Waals surface area contributed by atoms with E-state index in [2.05, 4.69) is 29.4 Å². The van der Waals surface area contributed by atoms with Crippen LogP contribution in [-0.2, 0) is 4.79 Å². The predicted molar refractivity (Wildman–Crippen MR) is 78.1 cm³/mol. The minimum absolute atomic E-state index is 0.0254. The van der Waals surface area contributed by atoms with Crippen molar-refractivity contribution < 1.29 is 4.79 Å². The molecule has 0 spiro atoms. The van der Waals surface area contributed by atoms with Crippen LogP contribution in [0.25, 0.3) is 0 Å². The summed E-state index contributed by atoms with van der Waals surface area (Å²) >= 11 is 0. The first-order valence-corrected chi connectivity index (χ1v) is 7.83. The maximum atomic E-state index is 12.3. The van der Waals surface area contributed by atoms with Crippen molar-refractivity contribution in [2.75, 3.05) is 32.7 Å². The summed E-state index contributed by atoms with van der Waals surface area (Å²) in [6.07, 6.45) is 6.29. The normalized spacial score (nSPS) is 28.0. The van der Waals surface area contributed by atoms with Gasteiger partial charge in [-0.05, 0) is 50.7 Å². The van der Waals surface area contributed by atoms with Crippen molar-refractivity contribution >= 4 is 5.91 Å². The van der Waals surface area contributed by atoms with Crippen LogP contribution in [0.1, 0.15) is 46.0 Å². The molecule has 0 aromatic rings. The van der Waals surface area contributed by atoms with Crippen LogP contribution in [0.15, 0.2) is 0 Å². The number of likely N-dealkylation sites (tertiary alicyclic amines) is 1. The number of nitrogens with zero attached hydrogens (tertiary/aromatic N) is 1. The molecule has 0 bridgehead atoms. The van der Waals surface area contributed by atoms with Crippen molar-refractivity contribution in [2.24, 2.45) is 5.41 Å². The molecule has 2 aliphatic rings. The lowest BCUT2D eigenvalue weighted by Crippen LogP contribution is -2.56. The van der Waals surface area contributed by atoms with Crippen LogP contribution in [0, 0.1) is 5.41 Å². The van der Waals surface area contributed by atoms with Crippen molar-refractivity contribution in [1.29, 1.82) is 0 Å². The number of amides is 1. The van der Waals surface area contributed by atoms with E-state index in [1.54, 1.807) is 0 Å². The Bertz CT molecular complexity index is 298. The molecule has 0 aromatic carbocycles. The molecule has 2 saturated heterocycles. The molecule has 2 fully saturated rings. The highest BCUT2D eigenvalue weighted by atomic mass is 16.2. The molecule has 0 aliphatic carbocycles. The predicted octanol–water partition coefficient (Wildman–Crippen LogP) is 1.37. The van der Waals surface area contributed by atoms with Crippen molar-refractivity contribution in [3.63, 3.8) is 0 Å². The Balaban J connectivity index is 1.71. The minimum Gasteiger partial charge on any atom is -0.353 e. The SMILES string of the molecule is CC1(C)CCCNC1C(=O)NCCN1CCCCC1. The van der Waals surface area contributed by atoms with E-state index in [-0.39, 0.29) is 17.4 Å². The van der Waals surface area contributed by atoms with Crippen LogP contribution < -0.4 is 10.6 Å². The molecule has 110 valence electrons. The molecule has 1 unspecified atom stereocenters. The lowest BCUT2D eigenvalue weighted by Gasteiger charge is -2.38. The molecule has 2 rings (SSSR count). The van der Waals surface area contributed by atoms with Crippen LogP contribution >= 0.6 is 0 Å². The van der Waals surface area contributed by atoms with Gasteiger partial charge < -0.3 is 15.5 Å². The number of carbonyl (C=O) groups is 1. The first kappa shape index (κ1) is 14.8. The Morgan fingerprint density at radius 2 is 2.00 bits per heavy atom. The molecular formula is C15H29N3O. The molecule has 0 aromatic heterocycles. The Labute approximate surface area is 117 Å². The van der Waals surface area contributed by atoms with Gasteiger partial charge in [-0.3, -0.25) is 4.79 Å². The lowest BCUT2D eigenvalue weighted by molar-refractivity contribution is -0.126. The number of nitrogens with one attached hydrogen (secondary N) is 2. The molecule has 1 atom stereocenters. The second-order valence-corrected chi connectivity index (χ2v) is 6.67. The maximum Gasteiger partial charge on any atom is 0.237 e. The van der Waals surface area contributed by atoms with Crippen molar-refractivity contribution in [2.45, 2.75) is 52.0 Å². The zero-order chi connectivity index (χ0) is 13.7. The summed E-state index contributed by atoms with van der Waals surface area (Å²) in [5.74, 6) is 0.182. The highest BCUT2D eigenvalue weighted by Gasteiger charge is 2.36. The van der Waals surface area contributed by atoms with Gasteiger partial charge in [0, 0.05) is 13.1 Å². The van der Waals surface area contributed by atoms with Crippen LogP contribution in [0.3, 0.4) is 0 Å². The zero-order valence-electron chi connectivity index (χ0n) is 12.5. The van der Waals surface area contributed by atoms with E-state index in [1.807, 2.05) is 0 Å². The van der Waals surface area contributed by atoms with Crippen LogP contribution in [0.4, 0.5) is 0 Å². The standard InChI is InChI=1S/C15H29N3O/c1-15(2)7-6-8-16-13(15)14(19)17-9-12-18-10-4-3-5-11-18/h13,16H,3-12H2,1-2H3,(H,17,19). The summed E-state index contributed by atoms with van der Waals surface area (Å²) in [5.41, 5.74) is 0.0768. The molecule has 2 N–H and O–H groups in total. The van der Waals surface area contributed by atoms with Gasteiger partial charge in [0.15, 0.2) is 0 Å². The number of rotatable bonds is 4. The Morgan fingerprint density at radius 3 is 2.68 bits per heavy atom. The van der Waals surface area contributed by atoms with Crippen molar-refractivity contribution in [3.8, 4) is 0 Å². The van der Waals surface area contributed by atoms with Crippen molar-refractivity contribution in [1.82, 2.24) is 15.5 Å². The maximum absolute atomic E-state index is 12.3. The highest BCUT2D eigenvalue weighted by molar-refractivity contribution is 5.82. The second kappa shape index (κ2) is 6.71. The fraction of sp³-hybridized carbons (Fsp3) is 0.933. The Morgan fingerprint density at radius 1 is 1.26 bits per heavy atom. The summed E-state index contributed by atoms with van der Waals surface area (Å²) < 4.78 is 0. The van der Waals surface area contributed by atoms with Gasteiger partial charge in [0.1, 0.15) is 0 Å². The number of piperidine rings is 2. The van der Waals surface area contributed by atoms with E-state index in [9.17, 15) is 4.79 Å². The molecule has 2 heterocycles. The molecule has 19 heavy (non-hydrogen) atoms. The second-order valence-electron chi connectivity index (χ2n) is 6.67. The summed E-state index contributed by atoms with van der Waals surface area (Å²) in [6, 6.07) is -0.0254. The van der Waals surface area contributed by atoms with Gasteiger partial charge >= 0.3 is 0 Å². The van der Waals surface area contributed by atoms with Crippen LogP contribution in [-0.4, -0.2) is 49.6 Å². The third-order valence-electron chi connectivity index (χ3n) is 4.57. The molecule has 2 aliphatic heterocycles. The first-order chi connectivity index (χ1) is 9.09. The van der Waals surface area contributed by atoms with Gasteiger partial charge in [0.2, 0.25) is 5.91 Å². The van der Waals surface area contributed by atoms with Gasteiger partial charge in [-0.15, -0.1) is 0 Å². The van der Waals surface area contributed by atoms with Gasteiger partial charge in [-0.2, -0.15) is 0 Å². The van der Waals surface area contributed by atoms with Gasteiger partial charge in [0.05, 0.1) is 6.04 Å². The lowest BCUT2D eigenvalue weighted by atomic mass is 9.77. The quantitative estimate of drug-likeness (QED) is 0.808. The highest BCUT2D eigenvalue weighted by Crippen LogP contribution is 2.29. The summed E-state index contributed by atoms with van der Waals surface area (Å²) in [6.45, 7) is 9.52. The third kappa shape index (κ3) is 4.18. The van der Waals surface area contributed by atoms with Gasteiger partial charge in [0.25, 0.3) is 0 Å². The van der Waals surface area contributed by atoms with E-state index in [4.69, 9.17) is 0 Å². The van der Waals surface area contributed by atoms with Crippen LogP contribution in [0.5, 0.6) is 0 Å². The number of carbonyl (C=O) groups excluding carboxylic acids is 1. The molecular weight excluding hydrogens is 238 g/mol. The molecule has 0 radical (unpaired) electrons. The topological polar surface area (TPSA) is 44.4 Å². The first-order valence-electron chi connectivity index (χ1n) is 7.83. The van der Waals surface area contributed by atoms with E-state index in [1.165, 1.54) is 38.8 Å². The van der Waals surface area contributed by atoms with Gasteiger partial charge in [-0.25, -0.2) is 0 Å². The molecule has 1 amide bonds. The number of hydrogen-bond donors (Lipinski definition) is 2. The largest absolute Gasteiger partial charge is 0.353 e. The fourth-order valence-corrected chi connectivity index (χ4v) is 3.28. The average Bonchev–Trinajstić information content (AvgIpc) is 2.39. The van der Waals surface area contributed by atoms with E-state index < -0.39 is 0 Å². The molecule has 4 nitrogen and oxygen atoms in total. The van der Waals surface area contributed by atoms with E-state index in [0.29, 0.717) is 0 Å². The zero-order valence-corrected chi connectivity index (χ0v) is 12.5. The Hall–Kier alpha value is -0.610. The Kier molecular flexibility index (Phi) is 5.22. The summed E-state index contributed by atoms with van der Waals surface area (Å²) in [4.78, 5) is 14.7. The van der Waals surface area contributed by atoms with E-state index >= 15 is 0 Å². The third-order valence-corrected chi connectivity index (χ3v) is 4.57. The van der Waals surface area contributed by atoms with Crippen LogP contribution in [0.2, 0.25) is 0 Å². The minimum atomic E-state index is -0.0254.